The second-order valence-corrected chi connectivity index (χ2v) is 16.4. The first-order valence-electron chi connectivity index (χ1n) is 11.9. The molecular weight excluding hydrogens is 424 g/mol. The summed E-state index contributed by atoms with van der Waals surface area (Å²) in [5.74, 6) is -1.54. The molecule has 32 heavy (non-hydrogen) atoms. The number of fused-ring (bicyclic) bond motifs is 3. The molecular formula is C25H38O6Si. The highest BCUT2D eigenvalue weighted by Gasteiger charge is 2.79. The molecule has 7 heteroatoms. The van der Waals surface area contributed by atoms with Gasteiger partial charge in [0.1, 0.15) is 6.29 Å². The van der Waals surface area contributed by atoms with Gasteiger partial charge in [0, 0.05) is 23.4 Å². The van der Waals surface area contributed by atoms with Gasteiger partial charge in [-0.15, -0.1) is 0 Å². The fourth-order valence-electron chi connectivity index (χ4n) is 8.59. The Labute approximate surface area is 192 Å². The van der Waals surface area contributed by atoms with Crippen LogP contribution >= 0.6 is 0 Å². The molecule has 0 amide bonds. The number of hydrogen-bond acceptors (Lipinski definition) is 6. The van der Waals surface area contributed by atoms with E-state index in [0.717, 1.165) is 31.1 Å². The summed E-state index contributed by atoms with van der Waals surface area (Å²) in [6.45, 7) is 12.8. The first kappa shape index (κ1) is 23.7. The number of esters is 2. The van der Waals surface area contributed by atoms with Gasteiger partial charge in [0.05, 0.1) is 25.6 Å². The summed E-state index contributed by atoms with van der Waals surface area (Å²) in [5.41, 5.74) is -1.07. The topological polar surface area (TPSA) is 78.9 Å². The van der Waals surface area contributed by atoms with Crippen LogP contribution in [0.1, 0.15) is 45.4 Å². The van der Waals surface area contributed by atoms with Crippen LogP contribution in [0.2, 0.25) is 19.6 Å². The van der Waals surface area contributed by atoms with Gasteiger partial charge in [0.2, 0.25) is 0 Å². The molecule has 4 fully saturated rings. The van der Waals surface area contributed by atoms with Crippen LogP contribution in [0.5, 0.6) is 0 Å². The van der Waals surface area contributed by atoms with E-state index in [4.69, 9.17) is 13.9 Å². The van der Waals surface area contributed by atoms with E-state index in [9.17, 15) is 14.4 Å². The van der Waals surface area contributed by atoms with Crippen molar-refractivity contribution in [3.05, 3.63) is 12.2 Å². The normalized spacial score (nSPS) is 45.1. The van der Waals surface area contributed by atoms with Crippen molar-refractivity contribution in [2.75, 3.05) is 14.2 Å². The second kappa shape index (κ2) is 7.52. The average molecular weight is 463 g/mol. The van der Waals surface area contributed by atoms with Gasteiger partial charge in [0.25, 0.3) is 0 Å². The summed E-state index contributed by atoms with van der Waals surface area (Å²) in [5, 5.41) is 0. The lowest BCUT2D eigenvalue weighted by atomic mass is 9.52. The van der Waals surface area contributed by atoms with Crippen molar-refractivity contribution >= 4 is 26.5 Å². The Morgan fingerprint density at radius 2 is 1.81 bits per heavy atom. The van der Waals surface area contributed by atoms with Gasteiger partial charge in [-0.1, -0.05) is 18.6 Å². The molecule has 0 aliphatic heterocycles. The average Bonchev–Trinajstić information content (AvgIpc) is 3.14. The minimum Gasteiger partial charge on any atom is -0.469 e. The maximum Gasteiger partial charge on any atom is 0.311 e. The largest absolute Gasteiger partial charge is 0.469 e. The first-order valence-corrected chi connectivity index (χ1v) is 15.3. The zero-order chi connectivity index (χ0) is 23.7. The Kier molecular flexibility index (Phi) is 5.56. The number of rotatable bonds is 5. The summed E-state index contributed by atoms with van der Waals surface area (Å²) < 4.78 is 17.4. The van der Waals surface area contributed by atoms with Gasteiger partial charge in [0.15, 0.2) is 8.32 Å². The van der Waals surface area contributed by atoms with E-state index in [-0.39, 0.29) is 29.9 Å². The quantitative estimate of drug-likeness (QED) is 0.264. The van der Waals surface area contributed by atoms with Crippen molar-refractivity contribution in [3.63, 3.8) is 0 Å². The molecule has 178 valence electrons. The summed E-state index contributed by atoms with van der Waals surface area (Å²) in [7, 11) is 0.863. The number of carbonyl (C=O) groups excluding carboxylic acids is 3. The standard InChI is InChI=1S/C25H38O6Si/c1-15-12-25-13-16(15)11-17(31-32(5,6)7)19(25)24(14-26)10-8-9-23(2,22(28)30-4)20(24)18(25)21(27)29-3/h14,16-20H,1,8-13H2,2-7H3/t16?,17-,18+,19-,20+,23+,24+,25+/m0/s1. The van der Waals surface area contributed by atoms with Crippen LogP contribution < -0.4 is 0 Å². The molecule has 4 aliphatic rings. The van der Waals surface area contributed by atoms with Crippen LogP contribution in [-0.2, 0) is 28.3 Å². The fraction of sp³-hybridized carbons (Fsp3) is 0.800. The zero-order valence-electron chi connectivity index (χ0n) is 20.4. The van der Waals surface area contributed by atoms with E-state index in [1.165, 1.54) is 14.2 Å². The molecule has 0 radical (unpaired) electrons. The fourth-order valence-corrected chi connectivity index (χ4v) is 9.73. The van der Waals surface area contributed by atoms with Gasteiger partial charge in [-0.25, -0.2) is 0 Å². The van der Waals surface area contributed by atoms with Crippen molar-refractivity contribution in [1.82, 2.24) is 0 Å². The minimum absolute atomic E-state index is 0.123. The molecule has 1 spiro atoms. The number of hydrogen-bond donors (Lipinski definition) is 0. The number of methoxy groups -OCH3 is 2. The smallest absolute Gasteiger partial charge is 0.311 e. The summed E-state index contributed by atoms with van der Waals surface area (Å²) in [6, 6.07) is 0. The van der Waals surface area contributed by atoms with Crippen LogP contribution in [0, 0.1) is 39.9 Å². The van der Waals surface area contributed by atoms with E-state index in [2.05, 4.69) is 26.2 Å². The monoisotopic (exact) mass is 462 g/mol. The second-order valence-electron chi connectivity index (χ2n) is 11.9. The Bertz CT molecular complexity index is 848. The molecule has 0 aromatic rings. The van der Waals surface area contributed by atoms with Crippen LogP contribution in [0.15, 0.2) is 12.2 Å². The molecule has 1 unspecified atom stereocenters. The van der Waals surface area contributed by atoms with Crippen molar-refractivity contribution < 1.29 is 28.3 Å². The highest BCUT2D eigenvalue weighted by Crippen LogP contribution is 2.77. The molecule has 6 nitrogen and oxygen atoms in total. The van der Waals surface area contributed by atoms with E-state index < -0.39 is 36.4 Å². The van der Waals surface area contributed by atoms with Crippen molar-refractivity contribution in [1.29, 1.82) is 0 Å². The molecule has 0 aromatic carbocycles. The molecule has 8 atom stereocenters. The van der Waals surface area contributed by atoms with Gasteiger partial charge >= 0.3 is 11.9 Å². The molecule has 0 heterocycles. The van der Waals surface area contributed by atoms with Crippen LogP contribution in [0.4, 0.5) is 0 Å². The SMILES string of the molecule is C=C1C[C@]23CC1C[C@H](O[Si](C)(C)C)[C@H]2[C@]1(C=O)CCC[C@@](C)(C(=O)OC)[C@H]1[C@@H]3C(=O)OC. The number of allylic oxidation sites excluding steroid dienone is 1. The Morgan fingerprint density at radius 1 is 1.12 bits per heavy atom. The van der Waals surface area contributed by atoms with E-state index in [1.807, 2.05) is 6.92 Å². The Hall–Kier alpha value is -1.47. The molecule has 4 aliphatic carbocycles. The summed E-state index contributed by atoms with van der Waals surface area (Å²) >= 11 is 0. The molecule has 2 bridgehead atoms. The highest BCUT2D eigenvalue weighted by atomic mass is 28.4. The highest BCUT2D eigenvalue weighted by molar-refractivity contribution is 6.69. The maximum absolute atomic E-state index is 13.5. The van der Waals surface area contributed by atoms with E-state index in [0.29, 0.717) is 19.3 Å². The predicted molar refractivity (Wildman–Crippen MR) is 122 cm³/mol. The third kappa shape index (κ3) is 3.03. The Morgan fingerprint density at radius 3 is 2.38 bits per heavy atom. The van der Waals surface area contributed by atoms with Gasteiger partial charge in [-0.3, -0.25) is 9.59 Å². The summed E-state index contributed by atoms with van der Waals surface area (Å²) in [4.78, 5) is 39.9. The maximum atomic E-state index is 13.5. The van der Waals surface area contributed by atoms with Gasteiger partial charge in [-0.05, 0) is 70.0 Å². The van der Waals surface area contributed by atoms with Crippen LogP contribution in [-0.4, -0.2) is 46.9 Å². The molecule has 0 N–H and O–H groups in total. The van der Waals surface area contributed by atoms with Crippen LogP contribution in [0.3, 0.4) is 0 Å². The Balaban J connectivity index is 1.99. The number of carbonyl (C=O) groups is 3. The molecule has 0 saturated heterocycles. The third-order valence-electron chi connectivity index (χ3n) is 9.20. The predicted octanol–water partition coefficient (Wildman–Crippen LogP) is 4.15. The van der Waals surface area contributed by atoms with Crippen molar-refractivity contribution in [2.45, 2.75) is 71.2 Å². The lowest BCUT2D eigenvalue weighted by molar-refractivity contribution is -0.171. The lowest BCUT2D eigenvalue weighted by Gasteiger charge is -2.52. The summed E-state index contributed by atoms with van der Waals surface area (Å²) in [6.07, 6.45) is 5.29. The first-order chi connectivity index (χ1) is 14.9. The van der Waals surface area contributed by atoms with Crippen LogP contribution in [0.25, 0.3) is 0 Å². The van der Waals surface area contributed by atoms with E-state index in [1.54, 1.807) is 0 Å². The van der Waals surface area contributed by atoms with Crippen molar-refractivity contribution in [2.24, 2.45) is 39.9 Å². The molecule has 4 saturated carbocycles. The number of aldehydes is 1. The molecule has 4 rings (SSSR count). The van der Waals surface area contributed by atoms with Crippen molar-refractivity contribution in [3.8, 4) is 0 Å². The van der Waals surface area contributed by atoms with E-state index >= 15 is 0 Å². The van der Waals surface area contributed by atoms with Gasteiger partial charge in [-0.2, -0.15) is 0 Å². The third-order valence-corrected chi connectivity index (χ3v) is 10.2. The number of ether oxygens (including phenoxy) is 2. The van der Waals surface area contributed by atoms with Gasteiger partial charge < -0.3 is 18.7 Å². The minimum atomic E-state index is -1.94. The zero-order valence-corrected chi connectivity index (χ0v) is 21.4. The molecule has 0 aromatic heterocycles. The lowest BCUT2D eigenvalue weighted by Crippen LogP contribution is -2.55.